The molecule has 0 amide bonds. The van der Waals surface area contributed by atoms with Crippen LogP contribution in [0.2, 0.25) is 0 Å². The first-order chi connectivity index (χ1) is 7.44. The van der Waals surface area contributed by atoms with Gasteiger partial charge in [0, 0.05) is 10.7 Å². The minimum atomic E-state index is -0.185. The van der Waals surface area contributed by atoms with Gasteiger partial charge >= 0.3 is 0 Å². The van der Waals surface area contributed by atoms with E-state index >= 15 is 0 Å². The molecule has 0 saturated carbocycles. The van der Waals surface area contributed by atoms with Crippen LogP contribution < -0.4 is 5.73 Å². The van der Waals surface area contributed by atoms with E-state index in [1.807, 2.05) is 25.6 Å². The van der Waals surface area contributed by atoms with Gasteiger partial charge in [0.15, 0.2) is 0 Å². The van der Waals surface area contributed by atoms with Crippen molar-refractivity contribution in [3.8, 4) is 0 Å². The lowest BCUT2D eigenvalue weighted by Gasteiger charge is -2.22. The van der Waals surface area contributed by atoms with E-state index in [2.05, 4.69) is 19.0 Å². The first-order valence-corrected chi connectivity index (χ1v) is 7.08. The zero-order chi connectivity index (χ0) is 12.6. The van der Waals surface area contributed by atoms with Gasteiger partial charge in [-0.2, -0.15) is 11.8 Å². The molecule has 0 heterocycles. The van der Waals surface area contributed by atoms with Crippen molar-refractivity contribution in [2.24, 2.45) is 16.3 Å². The fourth-order valence-electron chi connectivity index (χ4n) is 1.33. The SMILES string of the molecule is CCC(C)SCCCCC(C)(C)C(N)=NO. The van der Waals surface area contributed by atoms with Crippen molar-refractivity contribution in [3.63, 3.8) is 0 Å². The number of amidine groups is 1. The molecule has 0 radical (unpaired) electrons. The summed E-state index contributed by atoms with van der Waals surface area (Å²) in [5.74, 6) is 1.54. The maximum atomic E-state index is 8.64. The van der Waals surface area contributed by atoms with Gasteiger partial charge in [-0.3, -0.25) is 0 Å². The molecule has 16 heavy (non-hydrogen) atoms. The lowest BCUT2D eigenvalue weighted by Crippen LogP contribution is -2.31. The number of oxime groups is 1. The second kappa shape index (κ2) is 7.82. The Balaban J connectivity index is 3.66. The van der Waals surface area contributed by atoms with Crippen molar-refractivity contribution in [2.75, 3.05) is 5.75 Å². The smallest absolute Gasteiger partial charge is 0.144 e. The molecule has 0 aromatic heterocycles. The maximum absolute atomic E-state index is 8.64. The third kappa shape index (κ3) is 6.26. The highest BCUT2D eigenvalue weighted by Gasteiger charge is 2.22. The van der Waals surface area contributed by atoms with Crippen molar-refractivity contribution in [2.45, 2.75) is 58.6 Å². The summed E-state index contributed by atoms with van der Waals surface area (Å²) in [5.41, 5.74) is 5.45. The lowest BCUT2D eigenvalue weighted by molar-refractivity contribution is 0.304. The molecule has 0 rings (SSSR count). The monoisotopic (exact) mass is 246 g/mol. The Hall–Kier alpha value is -0.380. The standard InChI is InChI=1S/C12H26N2OS/c1-5-10(2)16-9-7-6-8-12(3,4)11(13)14-15/h10,15H,5-9H2,1-4H3,(H2,13,14). The number of rotatable bonds is 8. The van der Waals surface area contributed by atoms with Crippen molar-refractivity contribution < 1.29 is 5.21 Å². The summed E-state index contributed by atoms with van der Waals surface area (Å²) in [6.07, 6.45) is 4.55. The van der Waals surface area contributed by atoms with E-state index in [0.29, 0.717) is 5.84 Å². The number of nitrogens with zero attached hydrogens (tertiary/aromatic N) is 1. The summed E-state index contributed by atoms with van der Waals surface area (Å²) >= 11 is 2.03. The van der Waals surface area contributed by atoms with E-state index in [1.165, 1.54) is 18.6 Å². The molecule has 3 nitrogen and oxygen atoms in total. The fourth-order valence-corrected chi connectivity index (χ4v) is 2.34. The molecule has 0 fully saturated rings. The highest BCUT2D eigenvalue weighted by Crippen LogP contribution is 2.24. The summed E-state index contributed by atoms with van der Waals surface area (Å²) < 4.78 is 0. The Morgan fingerprint density at radius 2 is 2.06 bits per heavy atom. The first-order valence-electron chi connectivity index (χ1n) is 6.03. The van der Waals surface area contributed by atoms with Gasteiger partial charge in [-0.05, 0) is 25.0 Å². The molecule has 0 aliphatic carbocycles. The van der Waals surface area contributed by atoms with Crippen molar-refractivity contribution in [1.29, 1.82) is 0 Å². The molecule has 0 aromatic rings. The molecule has 3 N–H and O–H groups in total. The quantitative estimate of drug-likeness (QED) is 0.227. The number of hydrogen-bond acceptors (Lipinski definition) is 3. The van der Waals surface area contributed by atoms with Gasteiger partial charge in [0.2, 0.25) is 0 Å². The molecule has 0 bridgehead atoms. The number of nitrogens with two attached hydrogens (primary N) is 1. The van der Waals surface area contributed by atoms with E-state index in [-0.39, 0.29) is 5.41 Å². The molecule has 0 aliphatic heterocycles. The summed E-state index contributed by atoms with van der Waals surface area (Å²) in [6.45, 7) is 8.53. The molecule has 0 spiro atoms. The molecular formula is C12H26N2OS. The zero-order valence-corrected chi connectivity index (χ0v) is 11.8. The van der Waals surface area contributed by atoms with Crippen LogP contribution in [0.4, 0.5) is 0 Å². The predicted octanol–water partition coefficient (Wildman–Crippen LogP) is 3.46. The minimum absolute atomic E-state index is 0.185. The largest absolute Gasteiger partial charge is 0.409 e. The third-order valence-corrected chi connectivity index (χ3v) is 4.40. The highest BCUT2D eigenvalue weighted by molar-refractivity contribution is 7.99. The van der Waals surface area contributed by atoms with Crippen LogP contribution in [0.3, 0.4) is 0 Å². The lowest BCUT2D eigenvalue weighted by atomic mass is 9.86. The van der Waals surface area contributed by atoms with E-state index in [0.717, 1.165) is 18.1 Å². The normalized spacial score (nSPS) is 15.1. The summed E-state index contributed by atoms with van der Waals surface area (Å²) in [6, 6.07) is 0. The van der Waals surface area contributed by atoms with Gasteiger partial charge < -0.3 is 10.9 Å². The van der Waals surface area contributed by atoms with Crippen LogP contribution in [0.5, 0.6) is 0 Å². The Labute approximate surface area is 104 Å². The fraction of sp³-hybridized carbons (Fsp3) is 0.917. The number of thioether (sulfide) groups is 1. The van der Waals surface area contributed by atoms with Gasteiger partial charge in [-0.15, -0.1) is 0 Å². The first kappa shape index (κ1) is 15.6. The van der Waals surface area contributed by atoms with E-state index < -0.39 is 0 Å². The maximum Gasteiger partial charge on any atom is 0.144 e. The van der Waals surface area contributed by atoms with Crippen LogP contribution in [-0.2, 0) is 0 Å². The molecule has 0 aliphatic rings. The van der Waals surface area contributed by atoms with Crippen LogP contribution >= 0.6 is 11.8 Å². The van der Waals surface area contributed by atoms with Gasteiger partial charge in [0.25, 0.3) is 0 Å². The van der Waals surface area contributed by atoms with E-state index in [9.17, 15) is 0 Å². The molecule has 4 heteroatoms. The average molecular weight is 246 g/mol. The van der Waals surface area contributed by atoms with Gasteiger partial charge in [-0.1, -0.05) is 39.3 Å². The van der Waals surface area contributed by atoms with E-state index in [1.54, 1.807) is 0 Å². The second-order valence-corrected chi connectivity index (χ2v) is 6.46. The van der Waals surface area contributed by atoms with Crippen molar-refractivity contribution >= 4 is 17.6 Å². The summed E-state index contributed by atoms with van der Waals surface area (Å²) in [7, 11) is 0. The minimum Gasteiger partial charge on any atom is -0.409 e. The number of unbranched alkanes of at least 4 members (excludes halogenated alkanes) is 1. The Morgan fingerprint density at radius 1 is 1.44 bits per heavy atom. The van der Waals surface area contributed by atoms with Crippen LogP contribution in [0.1, 0.15) is 53.4 Å². The summed E-state index contributed by atoms with van der Waals surface area (Å²) in [4.78, 5) is 0. The molecule has 0 saturated heterocycles. The Bertz CT molecular complexity index is 217. The van der Waals surface area contributed by atoms with Gasteiger partial charge in [0.05, 0.1) is 0 Å². The average Bonchev–Trinajstić information content (AvgIpc) is 2.26. The molecule has 96 valence electrons. The van der Waals surface area contributed by atoms with Gasteiger partial charge in [0.1, 0.15) is 5.84 Å². The van der Waals surface area contributed by atoms with Crippen molar-refractivity contribution in [1.82, 2.24) is 0 Å². The predicted molar refractivity (Wildman–Crippen MR) is 73.3 cm³/mol. The zero-order valence-electron chi connectivity index (χ0n) is 11.0. The Kier molecular flexibility index (Phi) is 7.64. The van der Waals surface area contributed by atoms with E-state index in [4.69, 9.17) is 10.9 Å². The highest BCUT2D eigenvalue weighted by atomic mass is 32.2. The van der Waals surface area contributed by atoms with Crippen LogP contribution in [-0.4, -0.2) is 22.0 Å². The molecular weight excluding hydrogens is 220 g/mol. The van der Waals surface area contributed by atoms with Gasteiger partial charge in [-0.25, -0.2) is 0 Å². The van der Waals surface area contributed by atoms with Crippen LogP contribution in [0, 0.1) is 5.41 Å². The summed E-state index contributed by atoms with van der Waals surface area (Å²) in [5, 5.41) is 12.5. The Morgan fingerprint density at radius 3 is 2.56 bits per heavy atom. The third-order valence-electron chi connectivity index (χ3n) is 2.97. The topological polar surface area (TPSA) is 58.6 Å². The second-order valence-electron chi connectivity index (χ2n) is 4.92. The molecule has 0 aromatic carbocycles. The number of hydrogen-bond donors (Lipinski definition) is 2. The molecule has 1 atom stereocenters. The molecule has 1 unspecified atom stereocenters. The van der Waals surface area contributed by atoms with Crippen LogP contribution in [0.15, 0.2) is 5.16 Å². The van der Waals surface area contributed by atoms with Crippen molar-refractivity contribution in [3.05, 3.63) is 0 Å². The van der Waals surface area contributed by atoms with Crippen LogP contribution in [0.25, 0.3) is 0 Å².